The third-order valence-corrected chi connectivity index (χ3v) is 6.50. The minimum absolute atomic E-state index is 0.126. The van der Waals surface area contributed by atoms with Gasteiger partial charge in [-0.25, -0.2) is 9.59 Å². The van der Waals surface area contributed by atoms with Crippen molar-refractivity contribution >= 4 is 23.8 Å². The number of hydrogen-bond donors (Lipinski definition) is 3. The van der Waals surface area contributed by atoms with Gasteiger partial charge in [-0.3, -0.25) is 9.69 Å². The van der Waals surface area contributed by atoms with E-state index in [-0.39, 0.29) is 11.9 Å². The number of amides is 3. The van der Waals surface area contributed by atoms with Gasteiger partial charge in [0.25, 0.3) is 0 Å². The number of ether oxygens (including phenoxy) is 2. The number of carbonyl (C=O) groups is 3. The number of nitrogens with two attached hydrogens (primary N) is 1. The third kappa shape index (κ3) is 10.9. The predicted octanol–water partition coefficient (Wildman–Crippen LogP) is 4.53. The van der Waals surface area contributed by atoms with Crippen LogP contribution in [0.15, 0.2) is 54.6 Å². The van der Waals surface area contributed by atoms with Crippen molar-refractivity contribution in [2.45, 2.75) is 84.2 Å². The van der Waals surface area contributed by atoms with Gasteiger partial charge < -0.3 is 30.7 Å². The van der Waals surface area contributed by atoms with Crippen LogP contribution in [0.25, 0.3) is 0 Å². The van der Waals surface area contributed by atoms with Crippen molar-refractivity contribution in [1.82, 2.24) is 15.1 Å². The van der Waals surface area contributed by atoms with E-state index in [2.05, 4.69) is 10.6 Å². The lowest BCUT2D eigenvalue weighted by Gasteiger charge is -2.41. The van der Waals surface area contributed by atoms with E-state index in [0.29, 0.717) is 45.6 Å². The Morgan fingerprint density at radius 2 is 1.60 bits per heavy atom. The summed E-state index contributed by atoms with van der Waals surface area (Å²) >= 11 is 0. The van der Waals surface area contributed by atoms with E-state index >= 15 is 0 Å². The minimum atomic E-state index is -0.715. The average molecular weight is 582 g/mol. The summed E-state index contributed by atoms with van der Waals surface area (Å²) in [5, 5.41) is 6.03. The number of piperazine rings is 1. The first kappa shape index (κ1) is 32.7. The van der Waals surface area contributed by atoms with E-state index in [1.807, 2.05) is 96.1 Å². The fourth-order valence-electron chi connectivity index (χ4n) is 4.73. The Labute approximate surface area is 249 Å². The molecule has 2 aromatic carbocycles. The standard InChI is InChI=1S/C32H47N5O5/c1-31(2,3)41-29(39)35-16-15-34-26-14-10-13-24(20-26)19-25(33)21-27-28(38)36(22-23-11-8-7-9-12-23)17-18-37(27)30(40)42-32(4,5)6/h7-14,20,25,27,34H,15-19,21-22,33H2,1-6H3,(H,35,39)/t25-,27-/m0/s1. The fourth-order valence-corrected chi connectivity index (χ4v) is 4.73. The van der Waals surface area contributed by atoms with E-state index in [4.69, 9.17) is 15.2 Å². The van der Waals surface area contributed by atoms with E-state index < -0.39 is 29.4 Å². The highest BCUT2D eigenvalue weighted by Crippen LogP contribution is 2.23. The molecule has 0 unspecified atom stereocenters. The largest absolute Gasteiger partial charge is 0.444 e. The molecule has 0 aromatic heterocycles. The molecule has 230 valence electrons. The van der Waals surface area contributed by atoms with Crippen molar-refractivity contribution < 1.29 is 23.9 Å². The molecule has 3 amide bonds. The highest BCUT2D eigenvalue weighted by atomic mass is 16.6. The topological polar surface area (TPSA) is 126 Å². The summed E-state index contributed by atoms with van der Waals surface area (Å²) in [5.74, 6) is -0.126. The van der Waals surface area contributed by atoms with Gasteiger partial charge in [-0.15, -0.1) is 0 Å². The van der Waals surface area contributed by atoms with Gasteiger partial charge in [0.15, 0.2) is 0 Å². The zero-order valence-electron chi connectivity index (χ0n) is 25.8. The van der Waals surface area contributed by atoms with Crippen LogP contribution in [0, 0.1) is 0 Å². The molecule has 2 aromatic rings. The number of nitrogens with zero attached hydrogens (tertiary/aromatic N) is 2. The van der Waals surface area contributed by atoms with Gasteiger partial charge in [-0.1, -0.05) is 42.5 Å². The molecule has 0 bridgehead atoms. The van der Waals surface area contributed by atoms with Crippen molar-refractivity contribution in [3.05, 3.63) is 65.7 Å². The molecule has 1 saturated heterocycles. The number of benzene rings is 2. The zero-order valence-corrected chi connectivity index (χ0v) is 25.8. The van der Waals surface area contributed by atoms with E-state index in [0.717, 1.165) is 16.8 Å². The Kier molecular flexibility index (Phi) is 11.2. The quantitative estimate of drug-likeness (QED) is 0.352. The van der Waals surface area contributed by atoms with Gasteiger partial charge in [0, 0.05) is 44.5 Å². The summed E-state index contributed by atoms with van der Waals surface area (Å²) < 4.78 is 10.9. The molecule has 0 saturated carbocycles. The highest BCUT2D eigenvalue weighted by Gasteiger charge is 2.40. The van der Waals surface area contributed by atoms with E-state index in [9.17, 15) is 14.4 Å². The van der Waals surface area contributed by atoms with Crippen LogP contribution in [0.5, 0.6) is 0 Å². The van der Waals surface area contributed by atoms with Gasteiger partial charge >= 0.3 is 12.2 Å². The lowest BCUT2D eigenvalue weighted by molar-refractivity contribution is -0.142. The van der Waals surface area contributed by atoms with Gasteiger partial charge in [0.2, 0.25) is 5.91 Å². The maximum atomic E-state index is 13.7. The second-order valence-corrected chi connectivity index (χ2v) is 12.7. The Balaban J connectivity index is 1.62. The molecule has 1 fully saturated rings. The summed E-state index contributed by atoms with van der Waals surface area (Å²) in [6.07, 6.45) is -0.125. The Hall–Kier alpha value is -3.79. The maximum absolute atomic E-state index is 13.7. The first-order valence-corrected chi connectivity index (χ1v) is 14.6. The van der Waals surface area contributed by atoms with Crippen LogP contribution in [-0.4, -0.2) is 77.4 Å². The normalized spacial score (nSPS) is 16.5. The number of alkyl carbamates (subject to hydrolysis) is 1. The minimum Gasteiger partial charge on any atom is -0.444 e. The van der Waals surface area contributed by atoms with Crippen molar-refractivity contribution in [3.63, 3.8) is 0 Å². The molecule has 3 rings (SSSR count). The van der Waals surface area contributed by atoms with Crippen molar-refractivity contribution in [2.24, 2.45) is 5.73 Å². The van der Waals surface area contributed by atoms with Crippen LogP contribution in [0.4, 0.5) is 15.3 Å². The molecule has 2 atom stereocenters. The van der Waals surface area contributed by atoms with Gasteiger partial charge in [-0.05, 0) is 77.6 Å². The second-order valence-electron chi connectivity index (χ2n) is 12.7. The third-order valence-electron chi connectivity index (χ3n) is 6.50. The van der Waals surface area contributed by atoms with Crippen molar-refractivity contribution in [1.29, 1.82) is 0 Å². The molecule has 1 aliphatic heterocycles. The smallest absolute Gasteiger partial charge is 0.411 e. The molecule has 10 nitrogen and oxygen atoms in total. The fraction of sp³-hybridized carbons (Fsp3) is 0.531. The van der Waals surface area contributed by atoms with Gasteiger partial charge in [0.05, 0.1) is 0 Å². The number of hydrogen-bond acceptors (Lipinski definition) is 7. The molecule has 4 N–H and O–H groups in total. The maximum Gasteiger partial charge on any atom is 0.411 e. The van der Waals surface area contributed by atoms with Crippen LogP contribution in [0.3, 0.4) is 0 Å². The van der Waals surface area contributed by atoms with E-state index in [1.54, 1.807) is 4.90 Å². The number of carbonyl (C=O) groups excluding carboxylic acids is 3. The van der Waals surface area contributed by atoms with Crippen molar-refractivity contribution in [2.75, 3.05) is 31.5 Å². The SMILES string of the molecule is CC(C)(C)OC(=O)NCCNc1cccc(C[C@H](N)C[C@H]2C(=O)N(Cc3ccccc3)CCN2C(=O)OC(C)(C)C)c1. The summed E-state index contributed by atoms with van der Waals surface area (Å²) in [5.41, 5.74) is 8.31. The molecule has 1 heterocycles. The van der Waals surface area contributed by atoms with Crippen molar-refractivity contribution in [3.8, 4) is 0 Å². The molecule has 0 radical (unpaired) electrons. The van der Waals surface area contributed by atoms with Crippen LogP contribution in [0.1, 0.15) is 59.1 Å². The summed E-state index contributed by atoms with van der Waals surface area (Å²) in [4.78, 5) is 42.0. The summed E-state index contributed by atoms with van der Waals surface area (Å²) in [7, 11) is 0. The average Bonchev–Trinajstić information content (AvgIpc) is 2.88. The monoisotopic (exact) mass is 581 g/mol. The zero-order chi connectivity index (χ0) is 30.9. The van der Waals surface area contributed by atoms with Gasteiger partial charge in [0.1, 0.15) is 17.2 Å². The number of anilines is 1. The summed E-state index contributed by atoms with van der Waals surface area (Å²) in [6, 6.07) is 16.6. The first-order valence-electron chi connectivity index (χ1n) is 14.6. The Bertz CT molecular complexity index is 1190. The lowest BCUT2D eigenvalue weighted by Crippen LogP contribution is -2.60. The predicted molar refractivity (Wildman–Crippen MR) is 164 cm³/mol. The van der Waals surface area contributed by atoms with Gasteiger partial charge in [-0.2, -0.15) is 0 Å². The molecule has 0 aliphatic carbocycles. The Morgan fingerprint density at radius 1 is 0.929 bits per heavy atom. The first-order chi connectivity index (χ1) is 19.7. The second kappa shape index (κ2) is 14.4. The molecular formula is C32H47N5O5. The Morgan fingerprint density at radius 3 is 2.26 bits per heavy atom. The lowest BCUT2D eigenvalue weighted by atomic mass is 9.96. The molecule has 1 aliphatic rings. The summed E-state index contributed by atoms with van der Waals surface area (Å²) in [6.45, 7) is 13.1. The molecule has 0 spiro atoms. The van der Waals surface area contributed by atoms with E-state index in [1.165, 1.54) is 4.90 Å². The van der Waals surface area contributed by atoms with Crippen LogP contribution < -0.4 is 16.4 Å². The molecular weight excluding hydrogens is 534 g/mol. The van der Waals surface area contributed by atoms with Crippen LogP contribution in [0.2, 0.25) is 0 Å². The number of rotatable bonds is 10. The number of nitrogens with one attached hydrogen (secondary N) is 2. The molecule has 10 heteroatoms. The highest BCUT2D eigenvalue weighted by molar-refractivity contribution is 5.87. The van der Waals surface area contributed by atoms with Crippen LogP contribution in [-0.2, 0) is 27.2 Å². The molecule has 42 heavy (non-hydrogen) atoms. The van der Waals surface area contributed by atoms with Crippen LogP contribution >= 0.6 is 0 Å².